The van der Waals surface area contributed by atoms with E-state index in [2.05, 4.69) is 62.8 Å². The number of benzene rings is 1. The third kappa shape index (κ3) is 4.87. The van der Waals surface area contributed by atoms with Crippen LogP contribution in [0.15, 0.2) is 34.8 Å². The van der Waals surface area contributed by atoms with Crippen molar-refractivity contribution >= 4 is 27.8 Å². The summed E-state index contributed by atoms with van der Waals surface area (Å²) < 4.78 is 2.88. The number of nitrogens with zero attached hydrogens (tertiary/aromatic N) is 3. The molecular formula is C20H29BrN4O. The minimum atomic E-state index is -0.229. The lowest BCUT2D eigenvalue weighted by Gasteiger charge is -2.24. The average molecular weight is 421 g/mol. The summed E-state index contributed by atoms with van der Waals surface area (Å²) >= 11 is 3.53. The number of urea groups is 1. The SMILES string of the molecule is CN(Cc1ccccc1Br)C(=O)Nc1cc(C(C)(C)C)nn1C(C)(C)C. The van der Waals surface area contributed by atoms with Crippen molar-refractivity contribution in [3.05, 3.63) is 46.1 Å². The van der Waals surface area contributed by atoms with Crippen molar-refractivity contribution in [1.29, 1.82) is 0 Å². The van der Waals surface area contributed by atoms with E-state index in [1.54, 1.807) is 11.9 Å². The molecule has 0 aliphatic rings. The molecule has 6 heteroatoms. The first kappa shape index (κ1) is 20.5. The van der Waals surface area contributed by atoms with E-state index >= 15 is 0 Å². The number of halogens is 1. The van der Waals surface area contributed by atoms with Gasteiger partial charge in [-0.15, -0.1) is 0 Å². The maximum absolute atomic E-state index is 12.7. The first-order valence-corrected chi connectivity index (χ1v) is 9.55. The molecular weight excluding hydrogens is 392 g/mol. The molecule has 0 bridgehead atoms. The van der Waals surface area contributed by atoms with Gasteiger partial charge in [0.05, 0.1) is 11.2 Å². The Morgan fingerprint density at radius 1 is 1.19 bits per heavy atom. The topological polar surface area (TPSA) is 50.2 Å². The van der Waals surface area contributed by atoms with Crippen LogP contribution in [0.2, 0.25) is 0 Å². The number of carbonyl (C=O) groups excluding carboxylic acids is 1. The second kappa shape index (κ2) is 7.43. The lowest BCUT2D eigenvalue weighted by atomic mass is 9.92. The molecule has 1 N–H and O–H groups in total. The van der Waals surface area contributed by atoms with Crippen LogP contribution in [0.3, 0.4) is 0 Å². The van der Waals surface area contributed by atoms with Crippen LogP contribution in [0.4, 0.5) is 10.6 Å². The van der Waals surface area contributed by atoms with Gasteiger partial charge in [-0.05, 0) is 32.4 Å². The van der Waals surface area contributed by atoms with Gasteiger partial charge in [0.25, 0.3) is 0 Å². The molecule has 0 spiro atoms. The van der Waals surface area contributed by atoms with E-state index in [1.807, 2.05) is 35.0 Å². The molecule has 2 amide bonds. The molecule has 0 aliphatic carbocycles. The molecule has 1 heterocycles. The van der Waals surface area contributed by atoms with Gasteiger partial charge in [0.15, 0.2) is 0 Å². The van der Waals surface area contributed by atoms with Crippen LogP contribution in [0.1, 0.15) is 52.8 Å². The predicted molar refractivity (Wildman–Crippen MR) is 111 cm³/mol. The number of amides is 2. The molecule has 0 fully saturated rings. The summed E-state index contributed by atoms with van der Waals surface area (Å²) in [6.07, 6.45) is 0. The normalized spacial score (nSPS) is 12.2. The van der Waals surface area contributed by atoms with Gasteiger partial charge in [-0.2, -0.15) is 5.10 Å². The van der Waals surface area contributed by atoms with Crippen LogP contribution in [0, 0.1) is 0 Å². The summed E-state index contributed by atoms with van der Waals surface area (Å²) in [7, 11) is 1.79. The number of hydrogen-bond acceptors (Lipinski definition) is 2. The summed E-state index contributed by atoms with van der Waals surface area (Å²) in [6, 6.07) is 9.72. The average Bonchev–Trinajstić information content (AvgIpc) is 2.93. The second-order valence-corrected chi connectivity index (χ2v) is 9.48. The monoisotopic (exact) mass is 420 g/mol. The molecule has 5 nitrogen and oxygen atoms in total. The second-order valence-electron chi connectivity index (χ2n) is 8.63. The van der Waals surface area contributed by atoms with Gasteiger partial charge in [-0.3, -0.25) is 5.32 Å². The standard InChI is InChI=1S/C20H29BrN4O/c1-19(2,3)16-12-17(25(23-16)20(4,5)6)22-18(26)24(7)13-14-10-8-9-11-15(14)21/h8-12H,13H2,1-7H3,(H,22,26). The highest BCUT2D eigenvalue weighted by atomic mass is 79.9. The van der Waals surface area contributed by atoms with Gasteiger partial charge in [0.1, 0.15) is 5.82 Å². The molecule has 0 atom stereocenters. The molecule has 0 aliphatic heterocycles. The Bertz CT molecular complexity index is 784. The van der Waals surface area contributed by atoms with Crippen LogP contribution < -0.4 is 5.32 Å². The molecule has 0 saturated heterocycles. The Morgan fingerprint density at radius 2 is 1.81 bits per heavy atom. The molecule has 0 saturated carbocycles. The summed E-state index contributed by atoms with van der Waals surface area (Å²) in [6.45, 7) is 13.1. The number of aromatic nitrogens is 2. The van der Waals surface area contributed by atoms with Crippen molar-refractivity contribution in [3.8, 4) is 0 Å². The van der Waals surface area contributed by atoms with Crippen molar-refractivity contribution < 1.29 is 4.79 Å². The fraction of sp³-hybridized carbons (Fsp3) is 0.500. The van der Waals surface area contributed by atoms with Crippen molar-refractivity contribution in [2.45, 2.75) is 59.0 Å². The van der Waals surface area contributed by atoms with Crippen molar-refractivity contribution in [1.82, 2.24) is 14.7 Å². The molecule has 142 valence electrons. The minimum Gasteiger partial charge on any atom is -0.323 e. The highest BCUT2D eigenvalue weighted by Crippen LogP contribution is 2.28. The lowest BCUT2D eigenvalue weighted by Crippen LogP contribution is -2.33. The number of carbonyl (C=O) groups is 1. The van der Waals surface area contributed by atoms with E-state index in [-0.39, 0.29) is 17.0 Å². The van der Waals surface area contributed by atoms with Crippen molar-refractivity contribution in [3.63, 3.8) is 0 Å². The van der Waals surface area contributed by atoms with Crippen molar-refractivity contribution in [2.24, 2.45) is 0 Å². The van der Waals surface area contributed by atoms with Gasteiger partial charge in [0.2, 0.25) is 0 Å². The maximum atomic E-state index is 12.7. The molecule has 1 aromatic carbocycles. The van der Waals surface area contributed by atoms with Crippen LogP contribution in [-0.2, 0) is 17.5 Å². The van der Waals surface area contributed by atoms with Crippen LogP contribution in [0.5, 0.6) is 0 Å². The molecule has 2 aromatic rings. The fourth-order valence-corrected chi connectivity index (χ4v) is 2.92. The summed E-state index contributed by atoms with van der Waals surface area (Å²) in [5.74, 6) is 0.714. The Hall–Kier alpha value is -1.82. The van der Waals surface area contributed by atoms with Gasteiger partial charge in [-0.1, -0.05) is 54.9 Å². The quantitative estimate of drug-likeness (QED) is 0.725. The molecule has 0 unspecified atom stereocenters. The molecule has 2 rings (SSSR count). The largest absolute Gasteiger partial charge is 0.323 e. The van der Waals surface area contributed by atoms with Gasteiger partial charge in [-0.25, -0.2) is 9.48 Å². The number of nitrogens with one attached hydrogen (secondary N) is 1. The summed E-state index contributed by atoms with van der Waals surface area (Å²) in [4.78, 5) is 14.4. The van der Waals surface area contributed by atoms with Crippen LogP contribution in [-0.4, -0.2) is 27.8 Å². The van der Waals surface area contributed by atoms with Gasteiger partial charge >= 0.3 is 6.03 Å². The fourth-order valence-electron chi connectivity index (χ4n) is 2.51. The Kier molecular flexibility index (Phi) is 5.85. The lowest BCUT2D eigenvalue weighted by molar-refractivity contribution is 0.220. The van der Waals surface area contributed by atoms with Crippen LogP contribution in [0.25, 0.3) is 0 Å². The zero-order chi connectivity index (χ0) is 19.7. The summed E-state index contributed by atoms with van der Waals surface area (Å²) in [5.41, 5.74) is 1.70. The zero-order valence-electron chi connectivity index (χ0n) is 16.7. The van der Waals surface area contributed by atoms with E-state index in [4.69, 9.17) is 5.10 Å². The molecule has 0 radical (unpaired) electrons. The number of hydrogen-bond donors (Lipinski definition) is 1. The van der Waals surface area contributed by atoms with Gasteiger partial charge in [0, 0.05) is 29.5 Å². The smallest absolute Gasteiger partial charge is 0.323 e. The Morgan fingerprint density at radius 3 is 2.35 bits per heavy atom. The number of rotatable bonds is 3. The third-order valence-electron chi connectivity index (χ3n) is 4.06. The van der Waals surface area contributed by atoms with E-state index in [0.29, 0.717) is 12.4 Å². The third-order valence-corrected chi connectivity index (χ3v) is 4.83. The van der Waals surface area contributed by atoms with Crippen LogP contribution >= 0.6 is 15.9 Å². The van der Waals surface area contributed by atoms with E-state index in [1.165, 1.54) is 0 Å². The highest BCUT2D eigenvalue weighted by molar-refractivity contribution is 9.10. The predicted octanol–water partition coefficient (Wildman–Crippen LogP) is 5.36. The molecule has 1 aromatic heterocycles. The zero-order valence-corrected chi connectivity index (χ0v) is 18.3. The van der Waals surface area contributed by atoms with E-state index in [9.17, 15) is 4.79 Å². The number of anilines is 1. The Labute approximate surface area is 164 Å². The van der Waals surface area contributed by atoms with Crippen molar-refractivity contribution in [2.75, 3.05) is 12.4 Å². The van der Waals surface area contributed by atoms with E-state index in [0.717, 1.165) is 15.7 Å². The first-order chi connectivity index (χ1) is 11.9. The highest BCUT2D eigenvalue weighted by Gasteiger charge is 2.26. The molecule has 26 heavy (non-hydrogen) atoms. The van der Waals surface area contributed by atoms with E-state index < -0.39 is 0 Å². The summed E-state index contributed by atoms with van der Waals surface area (Å²) in [5, 5.41) is 7.76. The minimum absolute atomic E-state index is 0.0865. The van der Waals surface area contributed by atoms with Gasteiger partial charge < -0.3 is 4.90 Å². The Balaban J connectivity index is 2.22. The maximum Gasteiger partial charge on any atom is 0.323 e. The first-order valence-electron chi connectivity index (χ1n) is 8.76.